The van der Waals surface area contributed by atoms with Gasteiger partial charge in [0.2, 0.25) is 0 Å². The van der Waals surface area contributed by atoms with Gasteiger partial charge in [-0.3, -0.25) is 4.79 Å². The van der Waals surface area contributed by atoms with Gasteiger partial charge in [0.05, 0.1) is 12.5 Å². The molecule has 1 saturated carbocycles. The first-order valence-electron chi connectivity index (χ1n) is 6.99. The van der Waals surface area contributed by atoms with Gasteiger partial charge in [-0.05, 0) is 46.5 Å². The fourth-order valence-corrected chi connectivity index (χ4v) is 3.12. The van der Waals surface area contributed by atoms with Crippen LogP contribution in [0.3, 0.4) is 0 Å². The van der Waals surface area contributed by atoms with Crippen molar-refractivity contribution >= 4 is 12.1 Å². The van der Waals surface area contributed by atoms with Crippen LogP contribution < -0.4 is 0 Å². The topological polar surface area (TPSA) is 55.8 Å². The molecular formula is C14H23NO4. The lowest BCUT2D eigenvalue weighted by Gasteiger charge is -2.30. The van der Waals surface area contributed by atoms with Crippen molar-refractivity contribution in [3.8, 4) is 0 Å². The standard InChI is InChI=1S/C14H23NO4/c1-5-18-12(16)11-9-6-7-10(11)15(8-9)13(17)19-14(2,3)4/h9-11H,5-8H2,1-4H3/t9-,10+,11-/m1/s1. The molecule has 5 nitrogen and oxygen atoms in total. The molecule has 108 valence electrons. The molecule has 3 atom stereocenters. The molecule has 2 aliphatic rings. The minimum absolute atomic E-state index is 0.0427. The van der Waals surface area contributed by atoms with Gasteiger partial charge >= 0.3 is 12.1 Å². The van der Waals surface area contributed by atoms with E-state index in [0.29, 0.717) is 13.2 Å². The lowest BCUT2D eigenvalue weighted by Crippen LogP contribution is -2.42. The summed E-state index contributed by atoms with van der Waals surface area (Å²) in [6.45, 7) is 8.36. The molecule has 1 aliphatic heterocycles. The van der Waals surface area contributed by atoms with E-state index >= 15 is 0 Å². The maximum Gasteiger partial charge on any atom is 0.410 e. The number of likely N-dealkylation sites (tertiary alicyclic amines) is 1. The smallest absolute Gasteiger partial charge is 0.410 e. The molecule has 0 radical (unpaired) electrons. The normalized spacial score (nSPS) is 29.5. The Kier molecular flexibility index (Phi) is 3.74. The van der Waals surface area contributed by atoms with E-state index in [1.54, 1.807) is 11.8 Å². The van der Waals surface area contributed by atoms with Gasteiger partial charge in [0, 0.05) is 12.6 Å². The Balaban J connectivity index is 2.03. The predicted molar refractivity (Wildman–Crippen MR) is 69.6 cm³/mol. The number of carbonyl (C=O) groups is 2. The first-order valence-corrected chi connectivity index (χ1v) is 6.99. The number of hydrogen-bond acceptors (Lipinski definition) is 4. The summed E-state index contributed by atoms with van der Waals surface area (Å²) >= 11 is 0. The average molecular weight is 269 g/mol. The van der Waals surface area contributed by atoms with Gasteiger partial charge in [-0.15, -0.1) is 0 Å². The minimum Gasteiger partial charge on any atom is -0.466 e. The highest BCUT2D eigenvalue weighted by molar-refractivity contribution is 5.77. The summed E-state index contributed by atoms with van der Waals surface area (Å²) in [5.74, 6) is -0.0925. The quantitative estimate of drug-likeness (QED) is 0.721. The Labute approximate surface area is 114 Å². The molecule has 1 saturated heterocycles. The number of nitrogens with zero attached hydrogens (tertiary/aromatic N) is 1. The highest BCUT2D eigenvalue weighted by atomic mass is 16.6. The largest absolute Gasteiger partial charge is 0.466 e. The fourth-order valence-electron chi connectivity index (χ4n) is 3.12. The Hall–Kier alpha value is -1.26. The molecular weight excluding hydrogens is 246 g/mol. The summed E-state index contributed by atoms with van der Waals surface area (Å²) in [6, 6.07) is -0.0427. The van der Waals surface area contributed by atoms with Crippen molar-refractivity contribution in [2.24, 2.45) is 11.8 Å². The van der Waals surface area contributed by atoms with Crippen molar-refractivity contribution in [2.45, 2.75) is 52.2 Å². The Morgan fingerprint density at radius 1 is 1.26 bits per heavy atom. The number of fused-ring (bicyclic) bond motifs is 2. The van der Waals surface area contributed by atoms with Gasteiger partial charge in [-0.25, -0.2) is 4.79 Å². The van der Waals surface area contributed by atoms with Crippen LogP contribution in [0.15, 0.2) is 0 Å². The third kappa shape index (κ3) is 2.85. The molecule has 1 amide bonds. The molecule has 0 N–H and O–H groups in total. The van der Waals surface area contributed by atoms with Crippen LogP contribution in [-0.2, 0) is 14.3 Å². The van der Waals surface area contributed by atoms with Crippen molar-refractivity contribution in [1.82, 2.24) is 4.90 Å². The van der Waals surface area contributed by atoms with Gasteiger partial charge < -0.3 is 14.4 Å². The zero-order chi connectivity index (χ0) is 14.2. The van der Waals surface area contributed by atoms with Crippen LogP contribution in [0, 0.1) is 11.8 Å². The molecule has 0 aromatic rings. The molecule has 0 spiro atoms. The van der Waals surface area contributed by atoms with Gasteiger partial charge in [-0.1, -0.05) is 0 Å². The first kappa shape index (κ1) is 14.2. The molecule has 0 aromatic heterocycles. The van der Waals surface area contributed by atoms with E-state index in [-0.39, 0.29) is 29.9 Å². The second-order valence-electron chi connectivity index (χ2n) is 6.32. The monoisotopic (exact) mass is 269 g/mol. The molecule has 2 fully saturated rings. The minimum atomic E-state index is -0.502. The number of rotatable bonds is 2. The van der Waals surface area contributed by atoms with Gasteiger partial charge in [0.25, 0.3) is 0 Å². The summed E-state index contributed by atoms with van der Waals surface area (Å²) < 4.78 is 10.5. The molecule has 2 bridgehead atoms. The van der Waals surface area contributed by atoms with Crippen molar-refractivity contribution in [2.75, 3.05) is 13.2 Å². The van der Waals surface area contributed by atoms with Crippen LogP contribution in [0.1, 0.15) is 40.5 Å². The third-order valence-corrected chi connectivity index (χ3v) is 3.77. The number of carbonyl (C=O) groups excluding carboxylic acids is 2. The first-order chi connectivity index (χ1) is 8.83. The van der Waals surface area contributed by atoms with Crippen LogP contribution in [0.4, 0.5) is 4.79 Å². The zero-order valence-corrected chi connectivity index (χ0v) is 12.1. The molecule has 2 rings (SSSR count). The van der Waals surface area contributed by atoms with E-state index in [9.17, 15) is 9.59 Å². The number of esters is 1. The SMILES string of the molecule is CCOC(=O)[C@@H]1[C@@H]2CC[C@@H]1N(C(=O)OC(C)(C)C)C2. The summed E-state index contributed by atoms with van der Waals surface area (Å²) in [5, 5.41) is 0. The van der Waals surface area contributed by atoms with Crippen molar-refractivity contribution in [1.29, 1.82) is 0 Å². The second-order valence-corrected chi connectivity index (χ2v) is 6.32. The summed E-state index contributed by atoms with van der Waals surface area (Å²) in [4.78, 5) is 25.8. The maximum atomic E-state index is 12.1. The highest BCUT2D eigenvalue weighted by Crippen LogP contribution is 2.43. The van der Waals surface area contributed by atoms with Crippen LogP contribution in [0.2, 0.25) is 0 Å². The second kappa shape index (κ2) is 5.02. The predicted octanol–water partition coefficient (Wildman–Crippen LogP) is 2.20. The van der Waals surface area contributed by atoms with Gasteiger partial charge in [0.1, 0.15) is 5.60 Å². The summed E-state index contributed by atoms with van der Waals surface area (Å²) in [7, 11) is 0. The molecule has 5 heteroatoms. The molecule has 1 heterocycles. The Bertz CT molecular complexity index is 374. The van der Waals surface area contributed by atoms with Gasteiger partial charge in [0.15, 0.2) is 0 Å². The molecule has 19 heavy (non-hydrogen) atoms. The zero-order valence-electron chi connectivity index (χ0n) is 12.1. The highest BCUT2D eigenvalue weighted by Gasteiger charge is 2.53. The molecule has 0 unspecified atom stereocenters. The Morgan fingerprint density at radius 3 is 2.53 bits per heavy atom. The number of ether oxygens (including phenoxy) is 2. The van der Waals surface area contributed by atoms with E-state index in [1.807, 2.05) is 20.8 Å². The average Bonchev–Trinajstić information content (AvgIpc) is 2.83. The van der Waals surface area contributed by atoms with Crippen molar-refractivity contribution in [3.05, 3.63) is 0 Å². The van der Waals surface area contributed by atoms with Crippen LogP contribution >= 0.6 is 0 Å². The van der Waals surface area contributed by atoms with Crippen LogP contribution in [0.25, 0.3) is 0 Å². The van der Waals surface area contributed by atoms with Crippen LogP contribution in [-0.4, -0.2) is 41.8 Å². The fraction of sp³-hybridized carbons (Fsp3) is 0.857. The van der Waals surface area contributed by atoms with E-state index in [0.717, 1.165) is 12.8 Å². The van der Waals surface area contributed by atoms with E-state index in [1.165, 1.54) is 0 Å². The molecule has 0 aromatic carbocycles. The van der Waals surface area contributed by atoms with E-state index in [2.05, 4.69) is 0 Å². The maximum absolute atomic E-state index is 12.1. The van der Waals surface area contributed by atoms with Crippen molar-refractivity contribution in [3.63, 3.8) is 0 Å². The Morgan fingerprint density at radius 2 is 1.95 bits per heavy atom. The summed E-state index contributed by atoms with van der Waals surface area (Å²) in [5.41, 5.74) is -0.502. The lowest BCUT2D eigenvalue weighted by atomic mass is 9.99. The molecule has 1 aliphatic carbocycles. The number of hydrogen-bond donors (Lipinski definition) is 0. The van der Waals surface area contributed by atoms with Crippen LogP contribution in [0.5, 0.6) is 0 Å². The van der Waals surface area contributed by atoms with Crippen molar-refractivity contribution < 1.29 is 19.1 Å². The van der Waals surface area contributed by atoms with E-state index in [4.69, 9.17) is 9.47 Å². The number of piperidine rings is 1. The lowest BCUT2D eigenvalue weighted by molar-refractivity contribution is -0.149. The number of amides is 1. The van der Waals surface area contributed by atoms with Gasteiger partial charge in [-0.2, -0.15) is 0 Å². The summed E-state index contributed by atoms with van der Waals surface area (Å²) in [6.07, 6.45) is 1.55. The third-order valence-electron chi connectivity index (χ3n) is 3.77. The van der Waals surface area contributed by atoms with E-state index < -0.39 is 5.60 Å².